The van der Waals surface area contributed by atoms with Gasteiger partial charge in [0.2, 0.25) is 0 Å². The molecule has 0 saturated carbocycles. The summed E-state index contributed by atoms with van der Waals surface area (Å²) in [6, 6.07) is 73.1. The van der Waals surface area contributed by atoms with Crippen molar-refractivity contribution in [3.05, 3.63) is 200 Å². The maximum absolute atomic E-state index is 2.46. The summed E-state index contributed by atoms with van der Waals surface area (Å²) in [5.41, 5.74) is 10.4. The second kappa shape index (κ2) is 12.2. The smallest absolute Gasteiger partial charge is 0.0562 e. The van der Waals surface area contributed by atoms with E-state index in [1.807, 2.05) is 11.3 Å². The summed E-state index contributed by atoms with van der Waals surface area (Å²) in [6.45, 7) is 0. The number of hydrogen-bond acceptors (Lipinski definition) is 2. The van der Waals surface area contributed by atoms with Crippen molar-refractivity contribution in [2.75, 3.05) is 4.90 Å². The van der Waals surface area contributed by atoms with Crippen molar-refractivity contribution in [2.45, 2.75) is 0 Å². The summed E-state index contributed by atoms with van der Waals surface area (Å²) in [5, 5.41) is 10.1. The molecule has 12 aromatic rings. The SMILES string of the molecule is c1ccc(-n2c3ccccc3c3cc(N(c4ccc5c6c7sc8ccccc8c7ccc6n(-c6ccccc6)c5c4)c4cccc5ccccc45)ccc32)cc1. The number of para-hydroxylation sites is 3. The van der Waals surface area contributed by atoms with Crippen LogP contribution < -0.4 is 4.90 Å². The maximum atomic E-state index is 2.46. The second-order valence-electron chi connectivity index (χ2n) is 14.5. The molecule has 0 amide bonds. The third-order valence-corrected chi connectivity index (χ3v) is 12.7. The predicted octanol–water partition coefficient (Wildman–Crippen LogP) is 14.9. The number of nitrogens with zero attached hydrogens (tertiary/aromatic N) is 3. The van der Waals surface area contributed by atoms with Crippen molar-refractivity contribution in [1.29, 1.82) is 0 Å². The predicted molar refractivity (Wildman–Crippen MR) is 240 cm³/mol. The van der Waals surface area contributed by atoms with E-state index in [0.717, 1.165) is 28.4 Å². The summed E-state index contributed by atoms with van der Waals surface area (Å²) in [6.07, 6.45) is 0. The highest BCUT2D eigenvalue weighted by Gasteiger charge is 2.22. The van der Waals surface area contributed by atoms with E-state index in [0.29, 0.717) is 0 Å². The molecule has 0 spiro atoms. The van der Waals surface area contributed by atoms with E-state index in [4.69, 9.17) is 0 Å². The molecule has 0 radical (unpaired) electrons. The fourth-order valence-corrected chi connectivity index (χ4v) is 10.3. The van der Waals surface area contributed by atoms with Crippen LogP contribution in [-0.4, -0.2) is 9.13 Å². The number of thiophene rings is 1. The normalized spacial score (nSPS) is 11.9. The van der Waals surface area contributed by atoms with Crippen molar-refractivity contribution in [2.24, 2.45) is 0 Å². The first-order valence-electron chi connectivity index (χ1n) is 19.1. The summed E-state index contributed by atoms with van der Waals surface area (Å²) in [7, 11) is 0. The Morgan fingerprint density at radius 3 is 1.77 bits per heavy atom. The highest BCUT2D eigenvalue weighted by Crippen LogP contribution is 2.47. The van der Waals surface area contributed by atoms with Gasteiger partial charge in [-0.05, 0) is 84.2 Å². The van der Waals surface area contributed by atoms with Gasteiger partial charge in [0.15, 0.2) is 0 Å². The maximum Gasteiger partial charge on any atom is 0.0562 e. The molecule has 9 aromatic carbocycles. The van der Waals surface area contributed by atoms with Crippen LogP contribution in [0.25, 0.3) is 85.9 Å². The lowest BCUT2D eigenvalue weighted by atomic mass is 10.0. The van der Waals surface area contributed by atoms with E-state index >= 15 is 0 Å². The number of fused-ring (bicyclic) bond motifs is 11. The van der Waals surface area contributed by atoms with Crippen LogP contribution in [0.2, 0.25) is 0 Å². The Hall–Kier alpha value is -7.14. The molecule has 0 aliphatic heterocycles. The Kier molecular flexibility index (Phi) is 6.80. The van der Waals surface area contributed by atoms with Crippen molar-refractivity contribution >= 4 is 103 Å². The largest absolute Gasteiger partial charge is 0.310 e. The fraction of sp³-hybridized carbons (Fsp3) is 0. The molecule has 0 bridgehead atoms. The monoisotopic (exact) mass is 731 g/mol. The molecule has 3 nitrogen and oxygen atoms in total. The van der Waals surface area contributed by atoms with Gasteiger partial charge in [0.1, 0.15) is 0 Å². The summed E-state index contributed by atoms with van der Waals surface area (Å²) in [5.74, 6) is 0. The first kappa shape index (κ1) is 31.2. The molecule has 3 aromatic heterocycles. The Labute approximate surface area is 327 Å². The summed E-state index contributed by atoms with van der Waals surface area (Å²) >= 11 is 1.90. The number of rotatable bonds is 5. The molecule has 262 valence electrons. The van der Waals surface area contributed by atoms with E-state index in [1.54, 1.807) is 0 Å². The molecule has 12 rings (SSSR count). The van der Waals surface area contributed by atoms with Crippen LogP contribution in [0.3, 0.4) is 0 Å². The van der Waals surface area contributed by atoms with Crippen LogP contribution in [-0.2, 0) is 0 Å². The Balaban J connectivity index is 1.16. The number of benzene rings is 9. The van der Waals surface area contributed by atoms with Gasteiger partial charge >= 0.3 is 0 Å². The van der Waals surface area contributed by atoms with E-state index in [2.05, 4.69) is 214 Å². The van der Waals surface area contributed by atoms with Crippen molar-refractivity contribution in [3.63, 3.8) is 0 Å². The second-order valence-corrected chi connectivity index (χ2v) is 15.6. The third kappa shape index (κ3) is 4.57. The first-order valence-corrected chi connectivity index (χ1v) is 19.9. The average molecular weight is 732 g/mol. The molecule has 56 heavy (non-hydrogen) atoms. The van der Waals surface area contributed by atoms with E-state index < -0.39 is 0 Å². The minimum absolute atomic E-state index is 1.10. The first-order chi connectivity index (χ1) is 27.8. The molecule has 0 aliphatic carbocycles. The van der Waals surface area contributed by atoms with Crippen LogP contribution in [0.1, 0.15) is 0 Å². The van der Waals surface area contributed by atoms with Crippen molar-refractivity contribution in [3.8, 4) is 11.4 Å². The van der Waals surface area contributed by atoms with Crippen LogP contribution in [0, 0.1) is 0 Å². The molecule has 0 aliphatic rings. The van der Waals surface area contributed by atoms with Gasteiger partial charge in [-0.3, -0.25) is 0 Å². The lowest BCUT2D eigenvalue weighted by Crippen LogP contribution is -2.10. The molecule has 0 fully saturated rings. The zero-order chi connectivity index (χ0) is 36.7. The number of hydrogen-bond donors (Lipinski definition) is 0. The van der Waals surface area contributed by atoms with Gasteiger partial charge < -0.3 is 14.0 Å². The van der Waals surface area contributed by atoms with E-state index in [1.165, 1.54) is 74.6 Å². The quantitative estimate of drug-likeness (QED) is 0.172. The van der Waals surface area contributed by atoms with Gasteiger partial charge in [-0.2, -0.15) is 0 Å². The minimum Gasteiger partial charge on any atom is -0.310 e. The fourth-order valence-electron chi connectivity index (χ4n) is 9.05. The number of aromatic nitrogens is 2. The van der Waals surface area contributed by atoms with Gasteiger partial charge in [-0.1, -0.05) is 121 Å². The standard InChI is InChI=1S/C52H33N3S/c1-3-16-35(17-4-1)54-46-23-11-9-21-40(46)44-32-37(27-30-47(44)54)53(45-24-13-15-34-14-7-8-20-39(34)45)38-26-28-43-49(33-38)55(36-18-5-2-6-19-36)48-31-29-42-41-22-10-12-25-50(41)56-52(42)51(43)48/h1-33H. The van der Waals surface area contributed by atoms with Crippen molar-refractivity contribution in [1.82, 2.24) is 9.13 Å². The topological polar surface area (TPSA) is 13.1 Å². The van der Waals surface area contributed by atoms with Crippen LogP contribution >= 0.6 is 11.3 Å². The van der Waals surface area contributed by atoms with E-state index in [9.17, 15) is 0 Å². The van der Waals surface area contributed by atoms with Gasteiger partial charge in [0.25, 0.3) is 0 Å². The Bertz CT molecular complexity index is 3480. The Morgan fingerprint density at radius 1 is 0.357 bits per heavy atom. The zero-order valence-electron chi connectivity index (χ0n) is 30.3. The molecular formula is C52H33N3S. The van der Waals surface area contributed by atoms with Gasteiger partial charge in [-0.25, -0.2) is 0 Å². The van der Waals surface area contributed by atoms with Crippen LogP contribution in [0.4, 0.5) is 17.1 Å². The lowest BCUT2D eigenvalue weighted by Gasteiger charge is -2.27. The number of anilines is 3. The van der Waals surface area contributed by atoms with Gasteiger partial charge in [-0.15, -0.1) is 11.3 Å². The molecule has 4 heteroatoms. The lowest BCUT2D eigenvalue weighted by molar-refractivity contribution is 1.18. The summed E-state index contributed by atoms with van der Waals surface area (Å²) < 4.78 is 7.49. The molecule has 0 atom stereocenters. The molecule has 3 heterocycles. The van der Waals surface area contributed by atoms with Crippen LogP contribution in [0.15, 0.2) is 200 Å². The molecule has 0 saturated heterocycles. The summed E-state index contributed by atoms with van der Waals surface area (Å²) in [4.78, 5) is 2.46. The minimum atomic E-state index is 1.10. The van der Waals surface area contributed by atoms with E-state index in [-0.39, 0.29) is 0 Å². The van der Waals surface area contributed by atoms with Gasteiger partial charge in [0.05, 0.1) is 27.8 Å². The van der Waals surface area contributed by atoms with Gasteiger partial charge in [0, 0.05) is 69.9 Å². The third-order valence-electron chi connectivity index (χ3n) is 11.5. The highest BCUT2D eigenvalue weighted by atomic mass is 32.1. The molecule has 0 N–H and O–H groups in total. The highest BCUT2D eigenvalue weighted by molar-refractivity contribution is 7.26. The Morgan fingerprint density at radius 2 is 0.946 bits per heavy atom. The zero-order valence-corrected chi connectivity index (χ0v) is 31.1. The van der Waals surface area contributed by atoms with Crippen LogP contribution in [0.5, 0.6) is 0 Å². The average Bonchev–Trinajstić information content (AvgIpc) is 3.92. The molecule has 0 unspecified atom stereocenters. The van der Waals surface area contributed by atoms with Crippen molar-refractivity contribution < 1.29 is 0 Å². The molecular weight excluding hydrogens is 699 g/mol.